The highest BCUT2D eigenvalue weighted by atomic mass is 35.5. The first kappa shape index (κ1) is 21.9. The fourth-order valence-electron chi connectivity index (χ4n) is 4.39. The van der Waals surface area contributed by atoms with Gasteiger partial charge in [0.25, 0.3) is 0 Å². The van der Waals surface area contributed by atoms with Gasteiger partial charge in [0.2, 0.25) is 0 Å². The number of nitrogens with two attached hydrogens (primary N) is 1. The van der Waals surface area contributed by atoms with Crippen LogP contribution in [0.25, 0.3) is 17.0 Å². The van der Waals surface area contributed by atoms with Crippen molar-refractivity contribution in [1.82, 2.24) is 9.97 Å². The Kier molecular flexibility index (Phi) is 6.75. The van der Waals surface area contributed by atoms with E-state index in [1.54, 1.807) is 6.07 Å². The Morgan fingerprint density at radius 3 is 2.48 bits per heavy atom. The topological polar surface area (TPSA) is 55.0 Å². The number of aryl methyl sites for hydroxylation is 1. The molecule has 29 heavy (non-hydrogen) atoms. The molecule has 0 unspecified atom stereocenters. The molecular weight excluding hydrogens is 403 g/mol. The summed E-state index contributed by atoms with van der Waals surface area (Å²) in [6.45, 7) is 12.4. The number of nitrogens with zero attached hydrogens (tertiary/aromatic N) is 3. The first-order chi connectivity index (χ1) is 13.8. The Balaban J connectivity index is 1.98. The van der Waals surface area contributed by atoms with Crippen LogP contribution in [0.15, 0.2) is 24.8 Å². The van der Waals surface area contributed by atoms with Crippen molar-refractivity contribution in [2.24, 2.45) is 11.1 Å². The Hall–Kier alpha value is -1.78. The number of piperidine rings is 1. The molecule has 1 fully saturated rings. The Labute approximate surface area is 184 Å². The monoisotopic (exact) mass is 432 g/mol. The van der Waals surface area contributed by atoms with E-state index < -0.39 is 0 Å². The number of rotatable bonds is 6. The predicted octanol–water partition coefficient (Wildman–Crippen LogP) is 6.48. The lowest BCUT2D eigenvalue weighted by Gasteiger charge is -2.42. The molecule has 1 aliphatic heterocycles. The summed E-state index contributed by atoms with van der Waals surface area (Å²) >= 11 is 12.6. The molecule has 0 atom stereocenters. The Morgan fingerprint density at radius 2 is 1.90 bits per heavy atom. The smallest absolute Gasteiger partial charge is 0.157 e. The minimum absolute atomic E-state index is 0.410. The second-order valence-electron chi connectivity index (χ2n) is 8.05. The maximum absolute atomic E-state index is 6.43. The number of hydrogen-bond acceptors (Lipinski definition) is 4. The largest absolute Gasteiger partial charge is 0.397 e. The average Bonchev–Trinajstić information content (AvgIpc) is 2.71. The second kappa shape index (κ2) is 8.93. The van der Waals surface area contributed by atoms with Crippen molar-refractivity contribution in [3.63, 3.8) is 0 Å². The molecule has 0 spiro atoms. The second-order valence-corrected chi connectivity index (χ2v) is 8.83. The fraction of sp³-hybridized carbons (Fsp3) is 0.478. The van der Waals surface area contributed by atoms with Gasteiger partial charge in [0, 0.05) is 18.7 Å². The van der Waals surface area contributed by atoms with E-state index in [2.05, 4.69) is 25.3 Å². The lowest BCUT2D eigenvalue weighted by Crippen LogP contribution is -2.41. The van der Waals surface area contributed by atoms with E-state index in [1.165, 1.54) is 19.3 Å². The zero-order chi connectivity index (χ0) is 21.2. The first-order valence-corrected chi connectivity index (χ1v) is 11.1. The van der Waals surface area contributed by atoms with Crippen LogP contribution < -0.4 is 10.6 Å². The summed E-state index contributed by atoms with van der Waals surface area (Å²) in [5.41, 5.74) is 9.86. The summed E-state index contributed by atoms with van der Waals surface area (Å²) in [4.78, 5) is 12.1. The molecular formula is C23H30Cl2N4. The molecule has 0 radical (unpaired) electrons. The van der Waals surface area contributed by atoms with Gasteiger partial charge in [-0.15, -0.1) is 0 Å². The zero-order valence-corrected chi connectivity index (χ0v) is 19.1. The lowest BCUT2D eigenvalue weighted by molar-refractivity contribution is 0.188. The molecule has 1 aromatic heterocycles. The molecule has 1 aromatic carbocycles. The van der Waals surface area contributed by atoms with Gasteiger partial charge >= 0.3 is 0 Å². The number of anilines is 1. The predicted molar refractivity (Wildman–Crippen MR) is 125 cm³/mol. The number of benzene rings is 1. The van der Waals surface area contributed by atoms with E-state index in [0.717, 1.165) is 43.0 Å². The van der Waals surface area contributed by atoms with Gasteiger partial charge in [0.1, 0.15) is 5.69 Å². The Bertz CT molecular complexity index is 902. The minimum Gasteiger partial charge on any atom is -0.397 e. The van der Waals surface area contributed by atoms with Crippen molar-refractivity contribution in [3.05, 3.63) is 46.2 Å². The van der Waals surface area contributed by atoms with Gasteiger partial charge < -0.3 is 10.6 Å². The summed E-state index contributed by atoms with van der Waals surface area (Å²) in [6, 6.07) is 5.52. The molecule has 2 N–H and O–H groups in total. The quantitative estimate of drug-likeness (QED) is 0.566. The van der Waals surface area contributed by atoms with Crippen molar-refractivity contribution in [2.75, 3.05) is 18.0 Å². The SMILES string of the molecule is C=C(N)c1nc(-c2cccc(Cl)c2Cl)c(C)nc1N1CCC(CC)(CCC)CC1. The summed E-state index contributed by atoms with van der Waals surface area (Å²) < 4.78 is 0. The number of aromatic nitrogens is 2. The van der Waals surface area contributed by atoms with Gasteiger partial charge in [-0.25, -0.2) is 9.97 Å². The van der Waals surface area contributed by atoms with Crippen LogP contribution in [-0.4, -0.2) is 23.1 Å². The molecule has 4 nitrogen and oxygen atoms in total. The fourth-order valence-corrected chi connectivity index (χ4v) is 4.78. The highest BCUT2D eigenvalue weighted by Crippen LogP contribution is 2.41. The summed E-state index contributed by atoms with van der Waals surface area (Å²) in [5, 5.41) is 0.962. The maximum atomic E-state index is 6.43. The molecule has 2 heterocycles. The average molecular weight is 433 g/mol. The molecule has 0 saturated carbocycles. The van der Waals surface area contributed by atoms with Crippen molar-refractivity contribution in [2.45, 2.75) is 52.9 Å². The number of halogens is 2. The standard InChI is InChI=1S/C23H30Cl2N4/c1-5-10-23(6-2)11-13-29(14-12-23)22-20(15(3)26)28-21(16(4)27-22)17-8-7-9-18(24)19(17)25/h7-9H,3,5-6,10-14,26H2,1-2,4H3. The van der Waals surface area contributed by atoms with Gasteiger partial charge in [-0.05, 0) is 37.7 Å². The van der Waals surface area contributed by atoms with Crippen LogP contribution >= 0.6 is 23.2 Å². The highest BCUT2D eigenvalue weighted by Gasteiger charge is 2.33. The van der Waals surface area contributed by atoms with E-state index in [0.29, 0.717) is 32.5 Å². The Morgan fingerprint density at radius 1 is 1.21 bits per heavy atom. The molecule has 156 valence electrons. The molecule has 1 aliphatic rings. The summed E-state index contributed by atoms with van der Waals surface area (Å²) in [7, 11) is 0. The van der Waals surface area contributed by atoms with E-state index in [1.807, 2.05) is 19.1 Å². The van der Waals surface area contributed by atoms with Gasteiger partial charge in [0.05, 0.1) is 27.1 Å². The van der Waals surface area contributed by atoms with Gasteiger partial charge in [-0.2, -0.15) is 0 Å². The molecule has 1 saturated heterocycles. The van der Waals surface area contributed by atoms with Crippen LogP contribution in [0.1, 0.15) is 57.3 Å². The first-order valence-electron chi connectivity index (χ1n) is 10.3. The van der Waals surface area contributed by atoms with Gasteiger partial charge in [0.15, 0.2) is 5.82 Å². The number of hydrogen-bond donors (Lipinski definition) is 1. The molecule has 0 amide bonds. The summed E-state index contributed by atoms with van der Waals surface area (Å²) in [5.74, 6) is 0.818. The van der Waals surface area contributed by atoms with E-state index in [4.69, 9.17) is 38.9 Å². The van der Waals surface area contributed by atoms with E-state index in [9.17, 15) is 0 Å². The van der Waals surface area contributed by atoms with Crippen molar-refractivity contribution in [1.29, 1.82) is 0 Å². The van der Waals surface area contributed by atoms with Gasteiger partial charge in [-0.1, -0.05) is 68.6 Å². The molecule has 0 aliphatic carbocycles. The maximum Gasteiger partial charge on any atom is 0.157 e. The van der Waals surface area contributed by atoms with Crippen molar-refractivity contribution in [3.8, 4) is 11.3 Å². The molecule has 3 rings (SSSR count). The third kappa shape index (κ3) is 4.39. The third-order valence-corrected chi connectivity index (χ3v) is 7.04. The van der Waals surface area contributed by atoms with Crippen LogP contribution in [0.5, 0.6) is 0 Å². The van der Waals surface area contributed by atoms with Crippen LogP contribution in [0.2, 0.25) is 10.0 Å². The van der Waals surface area contributed by atoms with Crippen molar-refractivity contribution >= 4 is 34.7 Å². The zero-order valence-electron chi connectivity index (χ0n) is 17.6. The van der Waals surface area contributed by atoms with Crippen molar-refractivity contribution < 1.29 is 0 Å². The molecule has 2 aromatic rings. The molecule has 6 heteroatoms. The van der Waals surface area contributed by atoms with Crippen LogP contribution in [-0.2, 0) is 0 Å². The van der Waals surface area contributed by atoms with E-state index >= 15 is 0 Å². The minimum atomic E-state index is 0.410. The van der Waals surface area contributed by atoms with E-state index in [-0.39, 0.29) is 0 Å². The van der Waals surface area contributed by atoms with Crippen LogP contribution in [0.4, 0.5) is 5.82 Å². The lowest BCUT2D eigenvalue weighted by atomic mass is 9.73. The molecule has 0 bridgehead atoms. The summed E-state index contributed by atoms with van der Waals surface area (Å²) in [6.07, 6.45) is 6.06. The van der Waals surface area contributed by atoms with Crippen LogP contribution in [0.3, 0.4) is 0 Å². The highest BCUT2D eigenvalue weighted by molar-refractivity contribution is 6.43. The normalized spacial score (nSPS) is 16.1. The third-order valence-electron chi connectivity index (χ3n) is 6.22. The van der Waals surface area contributed by atoms with Gasteiger partial charge in [-0.3, -0.25) is 0 Å². The van der Waals surface area contributed by atoms with Crippen LogP contribution in [0, 0.1) is 12.3 Å².